The molecule has 1 nitrogen and oxygen atoms in total. The molecule has 1 N–H and O–H groups in total. The summed E-state index contributed by atoms with van der Waals surface area (Å²) in [5.74, 6) is 0.850. The van der Waals surface area contributed by atoms with E-state index in [0.29, 0.717) is 6.04 Å². The van der Waals surface area contributed by atoms with Crippen molar-refractivity contribution in [3.63, 3.8) is 0 Å². The summed E-state index contributed by atoms with van der Waals surface area (Å²) in [5, 5.41) is 4.61. The maximum atomic E-state index is 6.28. The fourth-order valence-electron chi connectivity index (χ4n) is 3.00. The van der Waals surface area contributed by atoms with Gasteiger partial charge in [-0.15, -0.1) is 0 Å². The molecule has 0 heterocycles. The second kappa shape index (κ2) is 6.58. The first-order valence-corrected chi connectivity index (χ1v) is 7.57. The largest absolute Gasteiger partial charge is 0.310 e. The zero-order valence-corrected chi connectivity index (χ0v) is 12.3. The summed E-state index contributed by atoms with van der Waals surface area (Å²) in [6.07, 6.45) is 6.77. The number of benzene rings is 1. The van der Waals surface area contributed by atoms with Crippen LogP contribution in [0.2, 0.25) is 5.02 Å². The highest BCUT2D eigenvalue weighted by atomic mass is 35.5. The summed E-state index contributed by atoms with van der Waals surface area (Å²) in [5.41, 5.74) is 2.45. The monoisotopic (exact) mass is 265 g/mol. The van der Waals surface area contributed by atoms with Crippen molar-refractivity contribution in [3.8, 4) is 0 Å². The molecule has 2 heteroatoms. The van der Waals surface area contributed by atoms with E-state index in [2.05, 4.69) is 37.4 Å². The summed E-state index contributed by atoms with van der Waals surface area (Å²) in [7, 11) is 0. The van der Waals surface area contributed by atoms with Crippen LogP contribution in [0.25, 0.3) is 0 Å². The van der Waals surface area contributed by atoms with Crippen molar-refractivity contribution < 1.29 is 0 Å². The number of hydrogen-bond donors (Lipinski definition) is 1. The first kappa shape index (κ1) is 13.9. The van der Waals surface area contributed by atoms with Crippen LogP contribution in [0.15, 0.2) is 18.2 Å². The van der Waals surface area contributed by atoms with E-state index < -0.39 is 0 Å². The lowest BCUT2D eigenvalue weighted by Crippen LogP contribution is -2.37. The maximum Gasteiger partial charge on any atom is 0.0453 e. The van der Waals surface area contributed by atoms with Crippen LogP contribution in [0.5, 0.6) is 0 Å². The fourth-order valence-corrected chi connectivity index (χ4v) is 3.30. The Labute approximate surface area is 116 Å². The minimum absolute atomic E-state index is 0.682. The fraction of sp³-hybridized carbons (Fsp3) is 0.625. The van der Waals surface area contributed by atoms with Gasteiger partial charge in [0.15, 0.2) is 0 Å². The first-order chi connectivity index (χ1) is 8.70. The van der Waals surface area contributed by atoms with Gasteiger partial charge in [0, 0.05) is 17.6 Å². The molecule has 1 fully saturated rings. The van der Waals surface area contributed by atoms with Crippen molar-refractivity contribution in [2.75, 3.05) is 0 Å². The minimum Gasteiger partial charge on any atom is -0.310 e. The quantitative estimate of drug-likeness (QED) is 0.832. The highest BCUT2D eigenvalue weighted by molar-refractivity contribution is 6.31. The highest BCUT2D eigenvalue weighted by Crippen LogP contribution is 2.27. The molecule has 2 rings (SSSR count). The van der Waals surface area contributed by atoms with Gasteiger partial charge >= 0.3 is 0 Å². The molecule has 100 valence electrons. The Morgan fingerprint density at radius 3 is 2.78 bits per heavy atom. The molecule has 2 unspecified atom stereocenters. The average Bonchev–Trinajstić information content (AvgIpc) is 2.38. The SMILES string of the molecule is CCC1CCCCC1NCc1ccc(C)cc1Cl. The minimum atomic E-state index is 0.682. The number of nitrogens with one attached hydrogen (secondary N) is 1. The van der Waals surface area contributed by atoms with E-state index in [1.54, 1.807) is 0 Å². The molecule has 1 aromatic carbocycles. The van der Waals surface area contributed by atoms with Gasteiger partial charge in [-0.25, -0.2) is 0 Å². The van der Waals surface area contributed by atoms with Crippen molar-refractivity contribution in [2.45, 2.75) is 58.5 Å². The van der Waals surface area contributed by atoms with E-state index in [1.165, 1.54) is 43.2 Å². The lowest BCUT2D eigenvalue weighted by atomic mass is 9.83. The van der Waals surface area contributed by atoms with E-state index in [4.69, 9.17) is 11.6 Å². The van der Waals surface area contributed by atoms with E-state index in [9.17, 15) is 0 Å². The van der Waals surface area contributed by atoms with Gasteiger partial charge in [-0.3, -0.25) is 0 Å². The van der Waals surface area contributed by atoms with Gasteiger partial charge in [0.2, 0.25) is 0 Å². The molecule has 0 aromatic heterocycles. The van der Waals surface area contributed by atoms with Crippen molar-refractivity contribution in [1.82, 2.24) is 5.32 Å². The molecule has 0 aliphatic heterocycles. The molecule has 1 aromatic rings. The second-order valence-electron chi connectivity index (χ2n) is 5.54. The molecule has 0 amide bonds. The van der Waals surface area contributed by atoms with Crippen LogP contribution in [0.3, 0.4) is 0 Å². The Morgan fingerprint density at radius 1 is 1.28 bits per heavy atom. The molecule has 0 bridgehead atoms. The van der Waals surface area contributed by atoms with Gasteiger partial charge in [0.1, 0.15) is 0 Å². The third-order valence-electron chi connectivity index (χ3n) is 4.20. The van der Waals surface area contributed by atoms with Crippen LogP contribution in [0, 0.1) is 12.8 Å². The predicted octanol–water partition coefficient (Wildman–Crippen LogP) is 4.71. The number of rotatable bonds is 4. The zero-order chi connectivity index (χ0) is 13.0. The Balaban J connectivity index is 1.93. The standard InChI is InChI=1S/C16H24ClN/c1-3-13-6-4-5-7-16(13)18-11-14-9-8-12(2)10-15(14)17/h8-10,13,16,18H,3-7,11H2,1-2H3. The zero-order valence-electron chi connectivity index (χ0n) is 11.5. The lowest BCUT2D eigenvalue weighted by Gasteiger charge is -2.31. The topological polar surface area (TPSA) is 12.0 Å². The summed E-state index contributed by atoms with van der Waals surface area (Å²) in [6, 6.07) is 7.02. The molecule has 18 heavy (non-hydrogen) atoms. The molecule has 0 spiro atoms. The van der Waals surface area contributed by atoms with Gasteiger partial charge in [0.25, 0.3) is 0 Å². The second-order valence-corrected chi connectivity index (χ2v) is 5.94. The van der Waals surface area contributed by atoms with Crippen LogP contribution < -0.4 is 5.32 Å². The average molecular weight is 266 g/mol. The van der Waals surface area contributed by atoms with Crippen LogP contribution >= 0.6 is 11.6 Å². The van der Waals surface area contributed by atoms with Gasteiger partial charge in [0.05, 0.1) is 0 Å². The highest BCUT2D eigenvalue weighted by Gasteiger charge is 2.22. The van der Waals surface area contributed by atoms with Gasteiger partial charge < -0.3 is 5.32 Å². The Bertz CT molecular complexity index is 389. The van der Waals surface area contributed by atoms with Crippen molar-refractivity contribution in [3.05, 3.63) is 34.3 Å². The molecule has 1 saturated carbocycles. The van der Waals surface area contributed by atoms with E-state index in [0.717, 1.165) is 17.5 Å². The van der Waals surface area contributed by atoms with E-state index in [-0.39, 0.29) is 0 Å². The smallest absolute Gasteiger partial charge is 0.0453 e. The predicted molar refractivity (Wildman–Crippen MR) is 79.1 cm³/mol. The first-order valence-electron chi connectivity index (χ1n) is 7.19. The number of halogens is 1. The molecule has 0 radical (unpaired) electrons. The van der Waals surface area contributed by atoms with E-state index >= 15 is 0 Å². The van der Waals surface area contributed by atoms with Crippen LogP contribution in [-0.2, 0) is 6.54 Å². The summed E-state index contributed by atoms with van der Waals surface area (Å²) in [4.78, 5) is 0. The van der Waals surface area contributed by atoms with Gasteiger partial charge in [-0.2, -0.15) is 0 Å². The maximum absolute atomic E-state index is 6.28. The molecule has 1 aliphatic rings. The third-order valence-corrected chi connectivity index (χ3v) is 4.55. The molecular formula is C16H24ClN. The molecule has 1 aliphatic carbocycles. The molecule has 0 saturated heterocycles. The van der Waals surface area contributed by atoms with Gasteiger partial charge in [-0.1, -0.05) is 49.9 Å². The summed E-state index contributed by atoms with van der Waals surface area (Å²) in [6.45, 7) is 5.29. The third kappa shape index (κ3) is 3.49. The van der Waals surface area contributed by atoms with Crippen LogP contribution in [0.1, 0.15) is 50.2 Å². The Kier molecular flexibility index (Phi) is 5.08. The van der Waals surface area contributed by atoms with E-state index in [1.807, 2.05) is 0 Å². The summed E-state index contributed by atoms with van der Waals surface area (Å²) >= 11 is 6.28. The van der Waals surface area contributed by atoms with Crippen LogP contribution in [-0.4, -0.2) is 6.04 Å². The number of aryl methyl sites for hydroxylation is 1. The van der Waals surface area contributed by atoms with Crippen molar-refractivity contribution >= 4 is 11.6 Å². The van der Waals surface area contributed by atoms with Gasteiger partial charge in [-0.05, 0) is 42.9 Å². The normalized spacial score (nSPS) is 24.2. The van der Waals surface area contributed by atoms with Crippen LogP contribution in [0.4, 0.5) is 0 Å². The molecular weight excluding hydrogens is 242 g/mol. The van der Waals surface area contributed by atoms with Crippen molar-refractivity contribution in [1.29, 1.82) is 0 Å². The van der Waals surface area contributed by atoms with Crippen molar-refractivity contribution in [2.24, 2.45) is 5.92 Å². The Morgan fingerprint density at radius 2 is 2.06 bits per heavy atom. The Hall–Kier alpha value is -0.530. The molecule has 2 atom stereocenters. The number of hydrogen-bond acceptors (Lipinski definition) is 1. The summed E-state index contributed by atoms with van der Waals surface area (Å²) < 4.78 is 0. The lowest BCUT2D eigenvalue weighted by molar-refractivity contribution is 0.254.